The number of hydrogen-bond donors (Lipinski definition) is 3. The van der Waals surface area contributed by atoms with E-state index in [0.29, 0.717) is 34.2 Å². The predicted molar refractivity (Wildman–Crippen MR) is 127 cm³/mol. The number of benzene rings is 2. The van der Waals surface area contributed by atoms with Crippen LogP contribution in [0.15, 0.2) is 60.8 Å². The summed E-state index contributed by atoms with van der Waals surface area (Å²) >= 11 is 0.908. The number of hydrogen-bond acceptors (Lipinski definition) is 8. The summed E-state index contributed by atoms with van der Waals surface area (Å²) < 4.78 is 46.2. The number of pyridine rings is 1. The molecule has 0 aliphatic rings. The number of amides is 1. The number of halogens is 2. The molecule has 1 aromatic heterocycles. The SMILES string of the molecule is CC(=O)Nc1ccc([As](=O)(O)OO)cc1.COC=O.COc1ccc(-c2ccc(Cl)cc2F)nc1. The van der Waals surface area contributed by atoms with Crippen molar-refractivity contribution in [1.82, 2.24) is 4.98 Å². The summed E-state index contributed by atoms with van der Waals surface area (Å²) in [5, 5.41) is 11.1. The fourth-order valence-corrected chi connectivity index (χ4v) is 3.80. The summed E-state index contributed by atoms with van der Waals surface area (Å²) in [5.74, 6) is 0.0157. The first-order chi connectivity index (χ1) is 16.6. The Kier molecular flexibility index (Phi) is 12.7. The second-order valence-electron chi connectivity index (χ2n) is 6.37. The average Bonchev–Trinajstić information content (AvgIpc) is 2.85. The van der Waals surface area contributed by atoms with E-state index < -0.39 is 14.2 Å². The van der Waals surface area contributed by atoms with Gasteiger partial charge in [-0.1, -0.05) is 11.6 Å². The summed E-state index contributed by atoms with van der Waals surface area (Å²) in [6.07, 6.45) is 1.55. The number of nitrogens with one attached hydrogen (secondary N) is 1. The molecule has 2 aromatic carbocycles. The maximum atomic E-state index is 13.6. The maximum Gasteiger partial charge on any atom is 0.292 e. The Morgan fingerprint density at radius 3 is 2.20 bits per heavy atom. The van der Waals surface area contributed by atoms with Crippen molar-refractivity contribution < 1.29 is 40.4 Å². The van der Waals surface area contributed by atoms with E-state index in [4.69, 9.17) is 30.5 Å². The first kappa shape index (κ1) is 29.8. The van der Waals surface area contributed by atoms with E-state index in [0.717, 1.165) is 0 Å². The Balaban J connectivity index is 0.000000305. The molecule has 1 amide bonds. The van der Waals surface area contributed by atoms with Crippen molar-refractivity contribution in [2.45, 2.75) is 6.92 Å². The molecular weight excluding hydrogens is 550 g/mol. The monoisotopic (exact) mass is 572 g/mol. The minimum atomic E-state index is -4.76. The third kappa shape index (κ3) is 10.3. The van der Waals surface area contributed by atoms with E-state index in [1.54, 1.807) is 37.6 Å². The van der Waals surface area contributed by atoms with Gasteiger partial charge in [0.15, 0.2) is 0 Å². The Morgan fingerprint density at radius 2 is 1.77 bits per heavy atom. The number of methoxy groups -OCH3 is 2. The third-order valence-corrected chi connectivity index (χ3v) is 6.59. The third-order valence-electron chi connectivity index (χ3n) is 3.90. The Hall–Kier alpha value is -3.21. The van der Waals surface area contributed by atoms with Crippen molar-refractivity contribution >= 4 is 48.2 Å². The van der Waals surface area contributed by atoms with Gasteiger partial charge in [-0.2, -0.15) is 0 Å². The van der Waals surface area contributed by atoms with Gasteiger partial charge in [-0.3, -0.25) is 9.78 Å². The zero-order valence-electron chi connectivity index (χ0n) is 18.8. The number of nitrogens with zero attached hydrogens (tertiary/aromatic N) is 1. The molecule has 0 radical (unpaired) electrons. The van der Waals surface area contributed by atoms with Crippen molar-refractivity contribution in [2.24, 2.45) is 0 Å². The Morgan fingerprint density at radius 1 is 1.14 bits per heavy atom. The van der Waals surface area contributed by atoms with Crippen molar-refractivity contribution in [2.75, 3.05) is 19.5 Å². The van der Waals surface area contributed by atoms with Crippen LogP contribution in [0.25, 0.3) is 11.3 Å². The smallest absolute Gasteiger partial charge is 0.292 e. The van der Waals surface area contributed by atoms with Gasteiger partial charge in [0.2, 0.25) is 0 Å². The number of carbonyl (C=O) groups is 2. The molecule has 3 N–H and O–H groups in total. The fourth-order valence-electron chi connectivity index (χ4n) is 2.34. The summed E-state index contributed by atoms with van der Waals surface area (Å²) in [7, 11) is 2.87. The molecule has 1 heterocycles. The average molecular weight is 573 g/mol. The second kappa shape index (κ2) is 14.9. The van der Waals surface area contributed by atoms with E-state index in [1.807, 2.05) is 0 Å². The van der Waals surface area contributed by atoms with Gasteiger partial charge in [-0.05, 0) is 30.3 Å². The van der Waals surface area contributed by atoms with Gasteiger partial charge >= 0.3 is 88.4 Å². The van der Waals surface area contributed by atoms with Gasteiger partial charge in [0.1, 0.15) is 11.6 Å². The Labute approximate surface area is 208 Å². The van der Waals surface area contributed by atoms with Gasteiger partial charge < -0.3 is 9.47 Å². The number of anilines is 1. The molecule has 3 rings (SSSR count). The minimum absolute atomic E-state index is 0.00438. The van der Waals surface area contributed by atoms with Crippen LogP contribution in [0.1, 0.15) is 6.92 Å². The number of ether oxygens (including phenoxy) is 2. The molecule has 1 unspecified atom stereocenters. The molecule has 0 saturated heterocycles. The standard InChI is InChI=1S/C12H9ClFNO.C8H10AsNO5.C2H4O2/c1-16-9-3-5-12(15-7-9)10-4-2-8(13)6-11(10)14;1-6(11)10-8-4-2-7(3-5-8)9(12,13)15-14;1-4-2-3/h2-7H,1H3;2-5,14H,1H3,(H,10,11)(H,12,13);2H,1H3. The molecule has 1 atom stereocenters. The molecule has 10 nitrogen and oxygen atoms in total. The topological polar surface area (TPSA) is 144 Å². The van der Waals surface area contributed by atoms with Crippen LogP contribution in [0.4, 0.5) is 10.1 Å². The minimum Gasteiger partial charge on any atom is -0.495 e. The van der Waals surface area contributed by atoms with Crippen LogP contribution < -0.4 is 14.4 Å². The van der Waals surface area contributed by atoms with Crippen LogP contribution >= 0.6 is 11.6 Å². The first-order valence-corrected chi connectivity index (χ1v) is 13.2. The van der Waals surface area contributed by atoms with Crippen LogP contribution in [0, 0.1) is 5.82 Å². The molecule has 0 bridgehead atoms. The zero-order chi connectivity index (χ0) is 26.4. The van der Waals surface area contributed by atoms with Crippen molar-refractivity contribution in [1.29, 1.82) is 0 Å². The van der Waals surface area contributed by atoms with E-state index in [1.165, 1.54) is 44.4 Å². The molecule has 0 aliphatic carbocycles. The van der Waals surface area contributed by atoms with E-state index in [9.17, 15) is 12.9 Å². The van der Waals surface area contributed by atoms with Gasteiger partial charge in [0, 0.05) is 10.6 Å². The quantitative estimate of drug-likeness (QED) is 0.176. The van der Waals surface area contributed by atoms with Crippen molar-refractivity contribution in [3.05, 3.63) is 71.6 Å². The van der Waals surface area contributed by atoms with Crippen molar-refractivity contribution in [3.8, 4) is 17.0 Å². The predicted octanol–water partition coefficient (Wildman–Crippen LogP) is 3.04. The van der Waals surface area contributed by atoms with Crippen LogP contribution in [-0.2, 0) is 21.9 Å². The zero-order valence-corrected chi connectivity index (χ0v) is 21.5. The Bertz CT molecular complexity index is 1150. The molecular formula is C22H23AsClFN2O8. The molecule has 188 valence electrons. The molecule has 0 fully saturated rings. The summed E-state index contributed by atoms with van der Waals surface area (Å²) in [6, 6.07) is 13.4. The summed E-state index contributed by atoms with van der Waals surface area (Å²) in [5.41, 5.74) is 1.47. The number of carbonyl (C=O) groups excluding carboxylic acids is 2. The molecule has 13 heteroatoms. The molecule has 3 aromatic rings. The second-order valence-corrected chi connectivity index (χ2v) is 10.4. The number of rotatable bonds is 6. The molecule has 0 aliphatic heterocycles. The van der Waals surface area contributed by atoms with Crippen LogP contribution in [0.3, 0.4) is 0 Å². The van der Waals surface area contributed by atoms with Crippen LogP contribution in [0.2, 0.25) is 5.02 Å². The summed E-state index contributed by atoms with van der Waals surface area (Å²) in [6.45, 7) is 1.73. The van der Waals surface area contributed by atoms with E-state index in [2.05, 4.69) is 18.9 Å². The molecule has 35 heavy (non-hydrogen) atoms. The van der Waals surface area contributed by atoms with Crippen LogP contribution in [-0.4, -0.2) is 55.1 Å². The normalized spacial score (nSPS) is 11.4. The maximum absolute atomic E-state index is 13.6. The van der Waals surface area contributed by atoms with Crippen molar-refractivity contribution in [3.63, 3.8) is 0 Å². The first-order valence-electron chi connectivity index (χ1n) is 9.54. The van der Waals surface area contributed by atoms with Gasteiger partial charge in [-0.25, -0.2) is 4.39 Å². The van der Waals surface area contributed by atoms with Gasteiger partial charge in [-0.15, -0.1) is 0 Å². The molecule has 0 spiro atoms. The summed E-state index contributed by atoms with van der Waals surface area (Å²) in [4.78, 5) is 23.7. The fraction of sp³-hybridized carbons (Fsp3) is 0.136. The largest absolute Gasteiger partial charge is 0.495 e. The van der Waals surface area contributed by atoms with Crippen LogP contribution in [0.5, 0.6) is 5.75 Å². The van der Waals surface area contributed by atoms with E-state index >= 15 is 0 Å². The number of aromatic nitrogens is 1. The van der Waals surface area contributed by atoms with E-state index in [-0.39, 0.29) is 16.1 Å². The van der Waals surface area contributed by atoms with Gasteiger partial charge in [0.25, 0.3) is 6.47 Å². The molecule has 0 saturated carbocycles. The van der Waals surface area contributed by atoms with Gasteiger partial charge in [0.05, 0.1) is 26.1 Å².